The van der Waals surface area contributed by atoms with Gasteiger partial charge in [0.05, 0.1) is 6.54 Å². The molecule has 1 aromatic carbocycles. The monoisotopic (exact) mass is 259 g/mol. The van der Waals surface area contributed by atoms with Crippen LogP contribution in [0, 0.1) is 5.92 Å². The van der Waals surface area contributed by atoms with Crippen LogP contribution < -0.4 is 5.32 Å². The summed E-state index contributed by atoms with van der Waals surface area (Å²) in [7, 11) is 1.63. The molecule has 0 unspecified atom stereocenters. The van der Waals surface area contributed by atoms with Gasteiger partial charge in [0.2, 0.25) is 5.91 Å². The van der Waals surface area contributed by atoms with Crippen molar-refractivity contribution in [3.05, 3.63) is 36.1 Å². The van der Waals surface area contributed by atoms with E-state index >= 15 is 0 Å². The minimum atomic E-state index is -0.241. The van der Waals surface area contributed by atoms with Gasteiger partial charge in [-0.05, 0) is 25.0 Å². The fraction of sp³-hybridized carbons (Fsp3) is 0.400. The Bertz CT molecular complexity index is 553. The standard InChI is InChI=1S/C15H17NO3/c1-18-14(9-16-15(17)10-6-7-10)13-8-11-4-2-3-5-12(11)19-13/h2-5,8,10,14H,6-7,9H2,1H3,(H,16,17)/t14-/m0/s1. The number of para-hydroxylation sites is 1. The highest BCUT2D eigenvalue weighted by Gasteiger charge is 2.30. The lowest BCUT2D eigenvalue weighted by atomic mass is 10.2. The largest absolute Gasteiger partial charge is 0.458 e. The second-order valence-electron chi connectivity index (χ2n) is 4.93. The van der Waals surface area contributed by atoms with Crippen LogP contribution in [0.2, 0.25) is 0 Å². The van der Waals surface area contributed by atoms with Crippen molar-refractivity contribution in [3.8, 4) is 0 Å². The summed E-state index contributed by atoms with van der Waals surface area (Å²) in [5, 5.41) is 3.96. The zero-order valence-corrected chi connectivity index (χ0v) is 10.9. The SMILES string of the molecule is CO[C@@H](CNC(=O)C1CC1)c1cc2ccccc2o1. The number of hydrogen-bond acceptors (Lipinski definition) is 3. The summed E-state index contributed by atoms with van der Waals surface area (Å²) in [5.74, 6) is 1.09. The number of hydrogen-bond donors (Lipinski definition) is 1. The van der Waals surface area contributed by atoms with E-state index in [1.165, 1.54) is 0 Å². The van der Waals surface area contributed by atoms with Gasteiger partial charge < -0.3 is 14.5 Å². The molecule has 3 rings (SSSR count). The molecule has 4 heteroatoms. The van der Waals surface area contributed by atoms with E-state index in [4.69, 9.17) is 9.15 Å². The van der Waals surface area contributed by atoms with Gasteiger partial charge >= 0.3 is 0 Å². The topological polar surface area (TPSA) is 51.5 Å². The number of carbonyl (C=O) groups excluding carboxylic acids is 1. The molecule has 0 radical (unpaired) electrons. The van der Waals surface area contributed by atoms with Crippen molar-refractivity contribution in [2.45, 2.75) is 18.9 Å². The summed E-state index contributed by atoms with van der Waals surface area (Å²) in [6, 6.07) is 9.80. The summed E-state index contributed by atoms with van der Waals surface area (Å²) >= 11 is 0. The molecule has 1 aliphatic carbocycles. The summed E-state index contributed by atoms with van der Waals surface area (Å²) in [6.45, 7) is 0.450. The third-order valence-corrected chi connectivity index (χ3v) is 3.46. The highest BCUT2D eigenvalue weighted by molar-refractivity contribution is 5.81. The van der Waals surface area contributed by atoms with Gasteiger partial charge in [-0.15, -0.1) is 0 Å². The van der Waals surface area contributed by atoms with Crippen LogP contribution in [0.25, 0.3) is 11.0 Å². The molecule has 19 heavy (non-hydrogen) atoms. The van der Waals surface area contributed by atoms with Gasteiger partial charge in [0.1, 0.15) is 17.4 Å². The van der Waals surface area contributed by atoms with Crippen LogP contribution >= 0.6 is 0 Å². The third-order valence-electron chi connectivity index (χ3n) is 3.46. The molecule has 1 aromatic heterocycles. The first-order chi connectivity index (χ1) is 9.28. The fourth-order valence-electron chi connectivity index (χ4n) is 2.14. The van der Waals surface area contributed by atoms with Gasteiger partial charge in [-0.1, -0.05) is 18.2 Å². The molecule has 0 spiro atoms. The van der Waals surface area contributed by atoms with Crippen molar-refractivity contribution in [2.75, 3.05) is 13.7 Å². The minimum absolute atomic E-state index is 0.123. The Labute approximate surface area is 111 Å². The van der Waals surface area contributed by atoms with Crippen molar-refractivity contribution in [1.29, 1.82) is 0 Å². The second kappa shape index (κ2) is 5.05. The molecule has 100 valence electrons. The third kappa shape index (κ3) is 2.63. The van der Waals surface area contributed by atoms with Crippen molar-refractivity contribution >= 4 is 16.9 Å². The zero-order valence-electron chi connectivity index (χ0n) is 10.9. The first-order valence-electron chi connectivity index (χ1n) is 6.57. The Hall–Kier alpha value is -1.81. The lowest BCUT2D eigenvalue weighted by Crippen LogP contribution is -2.30. The molecule has 2 aromatic rings. The lowest BCUT2D eigenvalue weighted by molar-refractivity contribution is -0.122. The van der Waals surface area contributed by atoms with E-state index < -0.39 is 0 Å². The highest BCUT2D eigenvalue weighted by atomic mass is 16.5. The minimum Gasteiger partial charge on any atom is -0.458 e. The van der Waals surface area contributed by atoms with Gasteiger partial charge in [-0.2, -0.15) is 0 Å². The normalized spacial score (nSPS) is 16.5. The first-order valence-corrected chi connectivity index (χ1v) is 6.57. The molecule has 1 saturated carbocycles. The van der Waals surface area contributed by atoms with Crippen molar-refractivity contribution in [3.63, 3.8) is 0 Å². The van der Waals surface area contributed by atoms with Crippen LogP contribution in [0.4, 0.5) is 0 Å². The first kappa shape index (κ1) is 12.2. The average Bonchev–Trinajstić information content (AvgIpc) is 3.19. The molecule has 1 N–H and O–H groups in total. The molecular weight excluding hydrogens is 242 g/mol. The number of nitrogens with one attached hydrogen (secondary N) is 1. The van der Waals surface area contributed by atoms with E-state index in [2.05, 4.69) is 5.32 Å². The number of benzene rings is 1. The molecule has 1 heterocycles. The Kier molecular flexibility index (Phi) is 3.25. The van der Waals surface area contributed by atoms with Crippen LogP contribution in [-0.2, 0) is 9.53 Å². The number of fused-ring (bicyclic) bond motifs is 1. The van der Waals surface area contributed by atoms with Crippen molar-refractivity contribution in [2.24, 2.45) is 5.92 Å². The van der Waals surface area contributed by atoms with Crippen LogP contribution in [0.15, 0.2) is 34.7 Å². The lowest BCUT2D eigenvalue weighted by Gasteiger charge is -2.13. The van der Waals surface area contributed by atoms with E-state index in [9.17, 15) is 4.79 Å². The highest BCUT2D eigenvalue weighted by Crippen LogP contribution is 2.29. The quantitative estimate of drug-likeness (QED) is 0.898. The maximum atomic E-state index is 11.6. The Morgan fingerprint density at radius 2 is 2.26 bits per heavy atom. The smallest absolute Gasteiger partial charge is 0.223 e. The molecule has 0 bridgehead atoms. The van der Waals surface area contributed by atoms with Gasteiger partial charge in [0.15, 0.2) is 0 Å². The van der Waals surface area contributed by atoms with Crippen LogP contribution in [0.5, 0.6) is 0 Å². The molecule has 1 amide bonds. The number of methoxy groups -OCH3 is 1. The molecule has 4 nitrogen and oxygen atoms in total. The van der Waals surface area contributed by atoms with E-state index in [1.807, 2.05) is 30.3 Å². The van der Waals surface area contributed by atoms with Crippen molar-refractivity contribution < 1.29 is 13.9 Å². The summed E-state index contributed by atoms with van der Waals surface area (Å²) in [6.07, 6.45) is 1.78. The fourth-order valence-corrected chi connectivity index (χ4v) is 2.14. The van der Waals surface area contributed by atoms with Gasteiger partial charge in [0, 0.05) is 18.4 Å². The van der Waals surface area contributed by atoms with Gasteiger partial charge in [-0.25, -0.2) is 0 Å². The van der Waals surface area contributed by atoms with Crippen molar-refractivity contribution in [1.82, 2.24) is 5.32 Å². The van der Waals surface area contributed by atoms with Gasteiger partial charge in [-0.3, -0.25) is 4.79 Å². The number of rotatable bonds is 5. The number of carbonyl (C=O) groups is 1. The predicted octanol–water partition coefficient (Wildman–Crippen LogP) is 2.65. The predicted molar refractivity (Wildman–Crippen MR) is 71.7 cm³/mol. The summed E-state index contributed by atoms with van der Waals surface area (Å²) in [4.78, 5) is 11.6. The summed E-state index contributed by atoms with van der Waals surface area (Å²) in [5.41, 5.74) is 0.841. The number of amides is 1. The zero-order chi connectivity index (χ0) is 13.2. The van der Waals surface area contributed by atoms with Crippen LogP contribution in [0.1, 0.15) is 24.7 Å². The Balaban J connectivity index is 1.71. The molecule has 1 aliphatic rings. The maximum absolute atomic E-state index is 11.6. The Morgan fingerprint density at radius 3 is 2.95 bits per heavy atom. The van der Waals surface area contributed by atoms with E-state index in [1.54, 1.807) is 7.11 Å². The Morgan fingerprint density at radius 1 is 1.47 bits per heavy atom. The maximum Gasteiger partial charge on any atom is 0.223 e. The molecule has 0 saturated heterocycles. The van der Waals surface area contributed by atoms with E-state index in [0.29, 0.717) is 6.54 Å². The second-order valence-corrected chi connectivity index (χ2v) is 4.93. The average molecular weight is 259 g/mol. The van der Waals surface area contributed by atoms with Crippen LogP contribution in [0.3, 0.4) is 0 Å². The van der Waals surface area contributed by atoms with Crippen LogP contribution in [-0.4, -0.2) is 19.6 Å². The number of furan rings is 1. The summed E-state index contributed by atoms with van der Waals surface area (Å²) < 4.78 is 11.2. The number of ether oxygens (including phenoxy) is 1. The van der Waals surface area contributed by atoms with Gasteiger partial charge in [0.25, 0.3) is 0 Å². The molecule has 0 aliphatic heterocycles. The molecular formula is C15H17NO3. The van der Waals surface area contributed by atoms with E-state index in [-0.39, 0.29) is 17.9 Å². The molecule has 1 atom stereocenters. The van der Waals surface area contributed by atoms with E-state index in [0.717, 1.165) is 29.6 Å². The molecule has 1 fully saturated rings.